The minimum atomic E-state index is -0.199. The number of hydrogen-bond donors (Lipinski definition) is 2. The van der Waals surface area contributed by atoms with Gasteiger partial charge in [-0.15, -0.1) is 0 Å². The monoisotopic (exact) mass is 347 g/mol. The number of pyridine rings is 1. The Morgan fingerprint density at radius 3 is 2.58 bits per heavy atom. The Morgan fingerprint density at radius 1 is 1.00 bits per heavy atom. The van der Waals surface area contributed by atoms with Crippen LogP contribution in [0.1, 0.15) is 21.5 Å². The van der Waals surface area contributed by atoms with Crippen molar-refractivity contribution in [2.24, 2.45) is 0 Å². The number of carbonyl (C=O) groups is 1. The smallest absolute Gasteiger partial charge is 0.257 e. The maximum Gasteiger partial charge on any atom is 0.257 e. The van der Waals surface area contributed by atoms with Crippen LogP contribution in [0.15, 0.2) is 60.9 Å². The molecule has 1 amide bonds. The van der Waals surface area contributed by atoms with Gasteiger partial charge in [-0.3, -0.25) is 9.78 Å². The predicted molar refractivity (Wildman–Crippen MR) is 104 cm³/mol. The lowest BCUT2D eigenvalue weighted by Crippen LogP contribution is -2.13. The Bertz CT molecular complexity index is 938. The molecule has 5 nitrogen and oxygen atoms in total. The number of benzene rings is 2. The van der Waals surface area contributed by atoms with E-state index in [1.165, 1.54) is 0 Å². The van der Waals surface area contributed by atoms with Crippen molar-refractivity contribution < 1.29 is 9.53 Å². The summed E-state index contributed by atoms with van der Waals surface area (Å²) in [7, 11) is 1.62. The molecule has 2 N–H and O–H groups in total. The number of nitrogens with zero attached hydrogens (tertiary/aromatic N) is 1. The van der Waals surface area contributed by atoms with Crippen molar-refractivity contribution in [2.45, 2.75) is 13.8 Å². The fraction of sp³-hybridized carbons (Fsp3) is 0.143. The van der Waals surface area contributed by atoms with E-state index in [9.17, 15) is 4.79 Å². The van der Waals surface area contributed by atoms with E-state index in [4.69, 9.17) is 4.74 Å². The van der Waals surface area contributed by atoms with E-state index in [-0.39, 0.29) is 5.91 Å². The van der Waals surface area contributed by atoms with Gasteiger partial charge in [-0.25, -0.2) is 0 Å². The molecule has 0 fully saturated rings. The third-order valence-electron chi connectivity index (χ3n) is 4.24. The van der Waals surface area contributed by atoms with Crippen molar-refractivity contribution >= 4 is 23.0 Å². The molecule has 0 saturated carbocycles. The van der Waals surface area contributed by atoms with Gasteiger partial charge < -0.3 is 15.4 Å². The first-order valence-corrected chi connectivity index (χ1v) is 8.31. The Balaban J connectivity index is 1.80. The highest BCUT2D eigenvalue weighted by atomic mass is 16.5. The molecule has 26 heavy (non-hydrogen) atoms. The molecule has 0 bridgehead atoms. The Hall–Kier alpha value is -3.34. The van der Waals surface area contributed by atoms with Gasteiger partial charge in [0, 0.05) is 11.9 Å². The molecule has 2 aromatic carbocycles. The molecule has 0 aliphatic heterocycles. The normalized spacial score (nSPS) is 10.3. The third-order valence-corrected chi connectivity index (χ3v) is 4.24. The lowest BCUT2D eigenvalue weighted by Gasteiger charge is -2.12. The number of methoxy groups -OCH3 is 1. The van der Waals surface area contributed by atoms with Gasteiger partial charge in [0.2, 0.25) is 0 Å². The van der Waals surface area contributed by atoms with Gasteiger partial charge in [0.05, 0.1) is 30.2 Å². The number of aromatic nitrogens is 1. The highest BCUT2D eigenvalue weighted by Gasteiger charge is 2.10. The summed E-state index contributed by atoms with van der Waals surface area (Å²) in [6, 6.07) is 15.2. The molecular formula is C21H21N3O2. The van der Waals surface area contributed by atoms with Crippen LogP contribution in [0.4, 0.5) is 17.1 Å². The summed E-state index contributed by atoms with van der Waals surface area (Å²) in [5.41, 5.74) is 4.99. The highest BCUT2D eigenvalue weighted by molar-refractivity contribution is 6.05. The first-order chi connectivity index (χ1) is 12.6. The van der Waals surface area contributed by atoms with E-state index >= 15 is 0 Å². The summed E-state index contributed by atoms with van der Waals surface area (Å²) >= 11 is 0. The zero-order valence-electron chi connectivity index (χ0n) is 15.0. The molecule has 3 rings (SSSR count). The van der Waals surface area contributed by atoms with Crippen LogP contribution in [0.3, 0.4) is 0 Å². The first kappa shape index (κ1) is 17.5. The van der Waals surface area contributed by atoms with Crippen molar-refractivity contribution in [1.82, 2.24) is 4.98 Å². The van der Waals surface area contributed by atoms with Crippen molar-refractivity contribution in [3.05, 3.63) is 77.6 Å². The average molecular weight is 347 g/mol. The van der Waals surface area contributed by atoms with Crippen LogP contribution in [0.5, 0.6) is 5.75 Å². The van der Waals surface area contributed by atoms with E-state index in [1.807, 2.05) is 56.3 Å². The van der Waals surface area contributed by atoms with Crippen molar-refractivity contribution in [1.29, 1.82) is 0 Å². The minimum Gasteiger partial charge on any atom is -0.495 e. The second-order valence-corrected chi connectivity index (χ2v) is 5.99. The summed E-state index contributed by atoms with van der Waals surface area (Å²) in [6.07, 6.45) is 3.22. The maximum atomic E-state index is 12.6. The van der Waals surface area contributed by atoms with Crippen LogP contribution in [-0.4, -0.2) is 18.0 Å². The number of ether oxygens (including phenoxy) is 1. The van der Waals surface area contributed by atoms with E-state index in [2.05, 4.69) is 15.6 Å². The van der Waals surface area contributed by atoms with Crippen LogP contribution in [0, 0.1) is 13.8 Å². The van der Waals surface area contributed by atoms with Gasteiger partial charge in [0.25, 0.3) is 5.91 Å². The predicted octanol–water partition coefficient (Wildman–Crippen LogP) is 4.70. The maximum absolute atomic E-state index is 12.6. The summed E-state index contributed by atoms with van der Waals surface area (Å²) < 4.78 is 5.34. The fourth-order valence-corrected chi connectivity index (χ4v) is 2.62. The van der Waals surface area contributed by atoms with Crippen LogP contribution in [-0.2, 0) is 0 Å². The SMILES string of the molecule is COc1ccccc1Nc1cncc(C(=O)Nc2cccc(C)c2C)c1. The lowest BCUT2D eigenvalue weighted by atomic mass is 10.1. The molecule has 0 atom stereocenters. The largest absolute Gasteiger partial charge is 0.495 e. The number of para-hydroxylation sites is 2. The molecule has 0 aliphatic rings. The molecule has 5 heteroatoms. The van der Waals surface area contributed by atoms with Gasteiger partial charge in [-0.05, 0) is 49.2 Å². The minimum absolute atomic E-state index is 0.199. The van der Waals surface area contributed by atoms with Crippen molar-refractivity contribution in [3.63, 3.8) is 0 Å². The number of amides is 1. The van der Waals surface area contributed by atoms with Gasteiger partial charge in [0.1, 0.15) is 5.75 Å². The zero-order chi connectivity index (χ0) is 18.5. The first-order valence-electron chi connectivity index (χ1n) is 8.31. The third kappa shape index (κ3) is 3.83. The molecule has 0 saturated heterocycles. The van der Waals surface area contributed by atoms with Crippen LogP contribution < -0.4 is 15.4 Å². The molecule has 132 valence electrons. The molecule has 0 radical (unpaired) electrons. The number of anilines is 3. The second kappa shape index (κ2) is 7.70. The Labute approximate surface area is 153 Å². The van der Waals surface area contributed by atoms with E-state index in [0.29, 0.717) is 11.3 Å². The molecule has 1 aromatic heterocycles. The zero-order valence-corrected chi connectivity index (χ0v) is 15.0. The highest BCUT2D eigenvalue weighted by Crippen LogP contribution is 2.27. The standard InChI is InChI=1S/C21H21N3O2/c1-14-7-6-9-18(15(14)2)24-21(25)16-11-17(13-22-12-16)23-19-8-4-5-10-20(19)26-3/h4-13,23H,1-3H3,(H,24,25). The quantitative estimate of drug-likeness (QED) is 0.702. The van der Waals surface area contributed by atoms with E-state index in [0.717, 1.165) is 28.3 Å². The number of hydrogen-bond acceptors (Lipinski definition) is 4. The second-order valence-electron chi connectivity index (χ2n) is 5.99. The summed E-state index contributed by atoms with van der Waals surface area (Å²) in [5.74, 6) is 0.521. The Kier molecular flexibility index (Phi) is 5.17. The lowest BCUT2D eigenvalue weighted by molar-refractivity contribution is 0.102. The van der Waals surface area contributed by atoms with Gasteiger partial charge in [0.15, 0.2) is 0 Å². The molecule has 0 aliphatic carbocycles. The van der Waals surface area contributed by atoms with E-state index in [1.54, 1.807) is 25.6 Å². The molecule has 1 heterocycles. The molecule has 0 spiro atoms. The van der Waals surface area contributed by atoms with Crippen LogP contribution in [0.2, 0.25) is 0 Å². The van der Waals surface area contributed by atoms with Gasteiger partial charge in [-0.2, -0.15) is 0 Å². The molecule has 3 aromatic rings. The van der Waals surface area contributed by atoms with E-state index < -0.39 is 0 Å². The van der Waals surface area contributed by atoms with Crippen LogP contribution in [0.25, 0.3) is 0 Å². The summed E-state index contributed by atoms with van der Waals surface area (Å²) in [5, 5.41) is 6.19. The molecular weight excluding hydrogens is 326 g/mol. The number of nitrogens with one attached hydrogen (secondary N) is 2. The van der Waals surface area contributed by atoms with Gasteiger partial charge in [-0.1, -0.05) is 24.3 Å². The van der Waals surface area contributed by atoms with Crippen LogP contribution >= 0.6 is 0 Å². The average Bonchev–Trinajstić information content (AvgIpc) is 2.66. The molecule has 0 unspecified atom stereocenters. The fourth-order valence-electron chi connectivity index (χ4n) is 2.62. The summed E-state index contributed by atoms with van der Waals surface area (Å²) in [4.78, 5) is 16.8. The number of aryl methyl sites for hydroxylation is 1. The van der Waals surface area contributed by atoms with Crippen molar-refractivity contribution in [2.75, 3.05) is 17.7 Å². The Morgan fingerprint density at radius 2 is 1.77 bits per heavy atom. The number of carbonyl (C=O) groups excluding carboxylic acids is 1. The summed E-state index contributed by atoms with van der Waals surface area (Å²) in [6.45, 7) is 4.01. The van der Waals surface area contributed by atoms with Gasteiger partial charge >= 0.3 is 0 Å². The topological polar surface area (TPSA) is 63.2 Å². The number of rotatable bonds is 5. The van der Waals surface area contributed by atoms with Crippen molar-refractivity contribution in [3.8, 4) is 5.75 Å².